The molecule has 0 bridgehead atoms. The third-order valence-electron chi connectivity index (χ3n) is 3.22. The smallest absolute Gasteiger partial charge is 0.251 e. The quantitative estimate of drug-likeness (QED) is 0.891. The van der Waals surface area contributed by atoms with Crippen LogP contribution in [0.15, 0.2) is 16.6 Å². The van der Waals surface area contributed by atoms with Gasteiger partial charge in [0, 0.05) is 18.7 Å². The van der Waals surface area contributed by atoms with E-state index in [-0.39, 0.29) is 12.0 Å². The fourth-order valence-corrected chi connectivity index (χ4v) is 2.67. The molecule has 0 aliphatic carbocycles. The van der Waals surface area contributed by atoms with Crippen molar-refractivity contribution in [3.8, 4) is 11.5 Å². The Kier molecular flexibility index (Phi) is 5.25. The van der Waals surface area contributed by atoms with Gasteiger partial charge in [0.1, 0.15) is 16.0 Å². The van der Waals surface area contributed by atoms with Crippen molar-refractivity contribution in [3.05, 3.63) is 22.2 Å². The topological polar surface area (TPSA) is 56.8 Å². The predicted octanol–water partition coefficient (Wildman–Crippen LogP) is 2.38. The van der Waals surface area contributed by atoms with E-state index in [1.807, 2.05) is 0 Å². The first-order valence-electron chi connectivity index (χ1n) is 6.47. The molecule has 2 rings (SSSR count). The molecule has 6 heteroatoms. The van der Waals surface area contributed by atoms with Crippen LogP contribution in [-0.2, 0) is 4.74 Å². The number of halogens is 1. The monoisotopic (exact) mass is 343 g/mol. The lowest BCUT2D eigenvalue weighted by atomic mass is 10.1. The van der Waals surface area contributed by atoms with Crippen LogP contribution in [0, 0.1) is 0 Å². The Morgan fingerprint density at radius 3 is 2.55 bits per heavy atom. The van der Waals surface area contributed by atoms with Gasteiger partial charge in [-0.1, -0.05) is 0 Å². The van der Waals surface area contributed by atoms with Gasteiger partial charge in [0.25, 0.3) is 5.91 Å². The summed E-state index contributed by atoms with van der Waals surface area (Å²) in [6.45, 7) is 1.31. The zero-order valence-electron chi connectivity index (χ0n) is 11.6. The van der Waals surface area contributed by atoms with Gasteiger partial charge in [-0.2, -0.15) is 0 Å². The average Bonchev–Trinajstić information content (AvgIpc) is 2.98. The van der Waals surface area contributed by atoms with Crippen molar-refractivity contribution in [2.75, 3.05) is 27.4 Å². The van der Waals surface area contributed by atoms with Crippen LogP contribution in [0.4, 0.5) is 0 Å². The maximum absolute atomic E-state index is 12.2. The summed E-state index contributed by atoms with van der Waals surface area (Å²) in [5, 5.41) is 2.87. The molecule has 1 aliphatic heterocycles. The van der Waals surface area contributed by atoms with E-state index in [0.717, 1.165) is 19.4 Å². The normalized spacial score (nSPS) is 17.9. The van der Waals surface area contributed by atoms with E-state index in [9.17, 15) is 4.79 Å². The molecule has 1 fully saturated rings. The Balaban J connectivity index is 2.08. The van der Waals surface area contributed by atoms with Gasteiger partial charge in [-0.25, -0.2) is 0 Å². The highest BCUT2D eigenvalue weighted by molar-refractivity contribution is 9.10. The summed E-state index contributed by atoms with van der Waals surface area (Å²) in [7, 11) is 3.10. The number of ether oxygens (including phenoxy) is 3. The largest absolute Gasteiger partial charge is 0.495 e. The minimum Gasteiger partial charge on any atom is -0.495 e. The summed E-state index contributed by atoms with van der Waals surface area (Å²) in [4.78, 5) is 12.2. The maximum Gasteiger partial charge on any atom is 0.251 e. The first-order chi connectivity index (χ1) is 9.65. The highest BCUT2D eigenvalue weighted by Crippen LogP contribution is 2.35. The molecule has 0 spiro atoms. The van der Waals surface area contributed by atoms with Gasteiger partial charge in [0.2, 0.25) is 0 Å². The SMILES string of the molecule is COc1cc(C(=O)NC[C@H]2CCCO2)cc(OC)c1Br. The molecule has 5 nitrogen and oxygen atoms in total. The van der Waals surface area contributed by atoms with E-state index in [0.29, 0.717) is 28.1 Å². The van der Waals surface area contributed by atoms with E-state index in [4.69, 9.17) is 14.2 Å². The molecule has 1 aromatic carbocycles. The standard InChI is InChI=1S/C14H18BrNO4/c1-18-11-6-9(7-12(19-2)13(11)15)14(17)16-8-10-4-3-5-20-10/h6-7,10H,3-5,8H2,1-2H3,(H,16,17)/t10-/m1/s1. The number of carbonyl (C=O) groups excluding carboxylic acids is 1. The first kappa shape index (κ1) is 15.1. The van der Waals surface area contributed by atoms with Gasteiger partial charge >= 0.3 is 0 Å². The summed E-state index contributed by atoms with van der Waals surface area (Å²) in [6.07, 6.45) is 2.17. The van der Waals surface area contributed by atoms with Crippen LogP contribution in [0.5, 0.6) is 11.5 Å². The maximum atomic E-state index is 12.2. The lowest BCUT2D eigenvalue weighted by Crippen LogP contribution is -2.31. The van der Waals surface area contributed by atoms with E-state index in [1.165, 1.54) is 0 Å². The summed E-state index contributed by atoms with van der Waals surface area (Å²) >= 11 is 3.38. The zero-order valence-corrected chi connectivity index (χ0v) is 13.2. The van der Waals surface area contributed by atoms with Gasteiger partial charge in [-0.05, 0) is 40.9 Å². The molecule has 0 aromatic heterocycles. The van der Waals surface area contributed by atoms with Crippen molar-refractivity contribution in [3.63, 3.8) is 0 Å². The van der Waals surface area contributed by atoms with Gasteiger partial charge in [0.15, 0.2) is 0 Å². The van der Waals surface area contributed by atoms with E-state index < -0.39 is 0 Å². The molecule has 0 unspecified atom stereocenters. The Labute approximate surface area is 126 Å². The molecule has 1 amide bonds. The second-order valence-corrected chi connectivity index (χ2v) is 5.33. The number of benzene rings is 1. The molecule has 1 aliphatic rings. The lowest BCUT2D eigenvalue weighted by Gasteiger charge is -2.13. The number of nitrogens with one attached hydrogen (secondary N) is 1. The molecule has 1 saturated heterocycles. The summed E-state index contributed by atoms with van der Waals surface area (Å²) in [6, 6.07) is 3.36. The summed E-state index contributed by atoms with van der Waals surface area (Å²) < 4.78 is 16.6. The van der Waals surface area contributed by atoms with E-state index in [1.54, 1.807) is 26.4 Å². The predicted molar refractivity (Wildman–Crippen MR) is 78.6 cm³/mol. The van der Waals surface area contributed by atoms with Crippen LogP contribution in [0.1, 0.15) is 23.2 Å². The van der Waals surface area contributed by atoms with Crippen LogP contribution >= 0.6 is 15.9 Å². The molecule has 110 valence electrons. The second kappa shape index (κ2) is 6.95. The van der Waals surface area contributed by atoms with Crippen molar-refractivity contribution in [1.82, 2.24) is 5.32 Å². The van der Waals surface area contributed by atoms with Gasteiger partial charge in [0.05, 0.1) is 20.3 Å². The van der Waals surface area contributed by atoms with Crippen LogP contribution < -0.4 is 14.8 Å². The summed E-state index contributed by atoms with van der Waals surface area (Å²) in [5.74, 6) is 0.961. The van der Waals surface area contributed by atoms with Crippen molar-refractivity contribution in [1.29, 1.82) is 0 Å². The molecule has 1 atom stereocenters. The van der Waals surface area contributed by atoms with Crippen LogP contribution in [0.2, 0.25) is 0 Å². The minimum absolute atomic E-state index is 0.123. The number of rotatable bonds is 5. The molecular formula is C14H18BrNO4. The van der Waals surface area contributed by atoms with E-state index >= 15 is 0 Å². The van der Waals surface area contributed by atoms with Crippen molar-refractivity contribution in [2.24, 2.45) is 0 Å². The lowest BCUT2D eigenvalue weighted by molar-refractivity contribution is 0.0857. The Hall–Kier alpha value is -1.27. The van der Waals surface area contributed by atoms with Crippen molar-refractivity contribution in [2.45, 2.75) is 18.9 Å². The van der Waals surface area contributed by atoms with Crippen LogP contribution in [-0.4, -0.2) is 39.4 Å². The number of hydrogen-bond donors (Lipinski definition) is 1. The zero-order chi connectivity index (χ0) is 14.5. The minimum atomic E-state index is -0.162. The Bertz CT molecular complexity index is 461. The van der Waals surface area contributed by atoms with Gasteiger partial charge < -0.3 is 19.5 Å². The molecule has 1 heterocycles. The molecule has 0 radical (unpaired) electrons. The molecular weight excluding hydrogens is 326 g/mol. The third kappa shape index (κ3) is 3.43. The number of methoxy groups -OCH3 is 2. The average molecular weight is 344 g/mol. The van der Waals surface area contributed by atoms with E-state index in [2.05, 4.69) is 21.2 Å². The highest BCUT2D eigenvalue weighted by atomic mass is 79.9. The number of carbonyl (C=O) groups is 1. The van der Waals surface area contributed by atoms with Crippen molar-refractivity contribution >= 4 is 21.8 Å². The molecule has 0 saturated carbocycles. The van der Waals surface area contributed by atoms with Crippen LogP contribution in [0.25, 0.3) is 0 Å². The number of hydrogen-bond acceptors (Lipinski definition) is 4. The highest BCUT2D eigenvalue weighted by Gasteiger charge is 2.18. The first-order valence-corrected chi connectivity index (χ1v) is 7.26. The Morgan fingerprint density at radius 2 is 2.05 bits per heavy atom. The van der Waals surface area contributed by atoms with Crippen LogP contribution in [0.3, 0.4) is 0 Å². The molecule has 20 heavy (non-hydrogen) atoms. The Morgan fingerprint density at radius 1 is 1.40 bits per heavy atom. The fourth-order valence-electron chi connectivity index (χ4n) is 2.11. The van der Waals surface area contributed by atoms with Crippen molar-refractivity contribution < 1.29 is 19.0 Å². The number of amides is 1. The molecule has 1 aromatic rings. The fraction of sp³-hybridized carbons (Fsp3) is 0.500. The van der Waals surface area contributed by atoms with Gasteiger partial charge in [-0.3, -0.25) is 4.79 Å². The summed E-state index contributed by atoms with van der Waals surface area (Å²) in [5.41, 5.74) is 0.500. The second-order valence-electron chi connectivity index (χ2n) is 4.54. The third-order valence-corrected chi connectivity index (χ3v) is 4.00. The van der Waals surface area contributed by atoms with Gasteiger partial charge in [-0.15, -0.1) is 0 Å². The molecule has 1 N–H and O–H groups in total.